The van der Waals surface area contributed by atoms with Gasteiger partial charge in [0.2, 0.25) is 0 Å². The van der Waals surface area contributed by atoms with Crippen molar-refractivity contribution in [2.45, 2.75) is 26.8 Å². The molecule has 0 bridgehead atoms. The quantitative estimate of drug-likeness (QED) is 0.719. The van der Waals surface area contributed by atoms with Crippen molar-refractivity contribution in [3.05, 3.63) is 77.1 Å². The lowest BCUT2D eigenvalue weighted by Gasteiger charge is -2.13. The summed E-state index contributed by atoms with van der Waals surface area (Å²) in [5.41, 5.74) is 1.84. The van der Waals surface area contributed by atoms with Gasteiger partial charge >= 0.3 is 0 Å². The van der Waals surface area contributed by atoms with Gasteiger partial charge in [-0.1, -0.05) is 6.07 Å². The molecular weight excluding hydrogens is 332 g/mol. The van der Waals surface area contributed by atoms with Gasteiger partial charge in [-0.25, -0.2) is 0 Å². The number of furan rings is 2. The van der Waals surface area contributed by atoms with E-state index >= 15 is 0 Å². The second-order valence-electron chi connectivity index (χ2n) is 6.10. The molecule has 2 aromatic heterocycles. The largest absolute Gasteiger partial charge is 0.464 e. The predicted molar refractivity (Wildman–Crippen MR) is 97.2 cm³/mol. The number of aryl methyl sites for hydroxylation is 2. The number of nitrogens with one attached hydrogen (secondary N) is 2. The highest BCUT2D eigenvalue weighted by atomic mass is 16.3. The van der Waals surface area contributed by atoms with E-state index in [0.717, 1.165) is 11.3 Å². The van der Waals surface area contributed by atoms with Crippen LogP contribution in [0.3, 0.4) is 0 Å². The molecule has 3 aromatic rings. The molecular formula is C20H20N2O4. The average Bonchev–Trinajstić information content (AvgIpc) is 3.28. The molecule has 6 heteroatoms. The molecule has 2 heterocycles. The van der Waals surface area contributed by atoms with Crippen LogP contribution in [0.4, 0.5) is 5.69 Å². The number of hydrogen-bond donors (Lipinski definition) is 2. The summed E-state index contributed by atoms with van der Waals surface area (Å²) in [5, 5.41) is 5.65. The summed E-state index contributed by atoms with van der Waals surface area (Å²) in [6, 6.07) is 11.8. The Hall–Kier alpha value is -3.28. The van der Waals surface area contributed by atoms with Crippen molar-refractivity contribution < 1.29 is 18.4 Å². The number of rotatable bonds is 5. The van der Waals surface area contributed by atoms with E-state index in [4.69, 9.17) is 8.83 Å². The van der Waals surface area contributed by atoms with Crippen molar-refractivity contribution in [2.24, 2.45) is 0 Å². The zero-order valence-electron chi connectivity index (χ0n) is 14.8. The fourth-order valence-corrected chi connectivity index (χ4v) is 2.53. The second kappa shape index (κ2) is 7.31. The van der Waals surface area contributed by atoms with E-state index in [1.165, 1.54) is 6.26 Å². The van der Waals surface area contributed by atoms with E-state index in [-0.39, 0.29) is 23.6 Å². The van der Waals surface area contributed by atoms with E-state index in [0.29, 0.717) is 17.0 Å². The Balaban J connectivity index is 1.73. The van der Waals surface area contributed by atoms with Crippen molar-refractivity contribution >= 4 is 17.5 Å². The smallest absolute Gasteiger partial charge is 0.291 e. The highest BCUT2D eigenvalue weighted by Crippen LogP contribution is 2.20. The fourth-order valence-electron chi connectivity index (χ4n) is 2.53. The predicted octanol–water partition coefficient (Wildman–Crippen LogP) is 4.23. The van der Waals surface area contributed by atoms with Crippen LogP contribution in [0.5, 0.6) is 0 Å². The Morgan fingerprint density at radius 1 is 1.04 bits per heavy atom. The Morgan fingerprint density at radius 2 is 1.85 bits per heavy atom. The monoisotopic (exact) mass is 352 g/mol. The van der Waals surface area contributed by atoms with Gasteiger partial charge in [-0.2, -0.15) is 0 Å². The van der Waals surface area contributed by atoms with Gasteiger partial charge in [0, 0.05) is 11.3 Å². The third-order valence-corrected chi connectivity index (χ3v) is 4.03. The summed E-state index contributed by atoms with van der Waals surface area (Å²) in [5.74, 6) is 1.07. The molecule has 1 aromatic carbocycles. The van der Waals surface area contributed by atoms with Crippen molar-refractivity contribution in [2.75, 3.05) is 5.32 Å². The maximum absolute atomic E-state index is 12.5. The second-order valence-corrected chi connectivity index (χ2v) is 6.10. The molecule has 0 fully saturated rings. The lowest BCUT2D eigenvalue weighted by atomic mass is 10.1. The SMILES string of the molecule is Cc1ccc(C(C)NC(=O)c2ccc(C)c(NC(=O)c3ccco3)c2)o1. The van der Waals surface area contributed by atoms with E-state index in [9.17, 15) is 9.59 Å². The molecule has 2 N–H and O–H groups in total. The maximum atomic E-state index is 12.5. The summed E-state index contributed by atoms with van der Waals surface area (Å²) in [4.78, 5) is 24.7. The number of amides is 2. The molecule has 0 aliphatic rings. The first kappa shape index (κ1) is 17.5. The molecule has 0 aliphatic heterocycles. The van der Waals surface area contributed by atoms with E-state index < -0.39 is 0 Å². The van der Waals surface area contributed by atoms with Gasteiger partial charge in [0.15, 0.2) is 5.76 Å². The zero-order valence-corrected chi connectivity index (χ0v) is 14.8. The van der Waals surface area contributed by atoms with Crippen LogP contribution < -0.4 is 10.6 Å². The summed E-state index contributed by atoms with van der Waals surface area (Å²) < 4.78 is 10.6. The minimum absolute atomic E-state index is 0.209. The third-order valence-electron chi connectivity index (χ3n) is 4.03. The lowest BCUT2D eigenvalue weighted by Crippen LogP contribution is -2.26. The molecule has 0 spiro atoms. The molecule has 3 rings (SSSR count). The van der Waals surface area contributed by atoms with Crippen LogP contribution in [0, 0.1) is 13.8 Å². The normalized spacial score (nSPS) is 11.8. The first-order valence-corrected chi connectivity index (χ1v) is 8.27. The molecule has 0 saturated heterocycles. The number of anilines is 1. The lowest BCUT2D eigenvalue weighted by molar-refractivity contribution is 0.0933. The molecule has 0 saturated carbocycles. The van der Waals surface area contributed by atoms with Crippen molar-refractivity contribution in [1.29, 1.82) is 0 Å². The number of benzene rings is 1. The minimum Gasteiger partial charge on any atom is -0.464 e. The first-order valence-electron chi connectivity index (χ1n) is 8.27. The van der Waals surface area contributed by atoms with Gasteiger partial charge in [0.05, 0.1) is 12.3 Å². The van der Waals surface area contributed by atoms with Crippen molar-refractivity contribution in [3.63, 3.8) is 0 Å². The van der Waals surface area contributed by atoms with Crippen LogP contribution in [0.2, 0.25) is 0 Å². The molecule has 1 unspecified atom stereocenters. The third kappa shape index (κ3) is 3.85. The highest BCUT2D eigenvalue weighted by Gasteiger charge is 2.16. The average molecular weight is 352 g/mol. The van der Waals surface area contributed by atoms with Crippen molar-refractivity contribution in [1.82, 2.24) is 5.32 Å². The maximum Gasteiger partial charge on any atom is 0.291 e. The number of carbonyl (C=O) groups is 2. The highest BCUT2D eigenvalue weighted by molar-refractivity contribution is 6.03. The van der Waals surface area contributed by atoms with E-state index in [1.54, 1.807) is 30.3 Å². The van der Waals surface area contributed by atoms with Gasteiger partial charge < -0.3 is 19.5 Å². The number of carbonyl (C=O) groups excluding carboxylic acids is 2. The molecule has 134 valence electrons. The van der Waals surface area contributed by atoms with Crippen LogP contribution in [0.25, 0.3) is 0 Å². The minimum atomic E-state index is -0.366. The Kier molecular flexibility index (Phi) is 4.93. The molecule has 0 aliphatic carbocycles. The van der Waals surface area contributed by atoms with Crippen LogP contribution in [0.1, 0.15) is 51.0 Å². The Labute approximate surface area is 151 Å². The van der Waals surface area contributed by atoms with Crippen LogP contribution in [-0.2, 0) is 0 Å². The zero-order chi connectivity index (χ0) is 18.7. The van der Waals surface area contributed by atoms with Crippen LogP contribution in [0.15, 0.2) is 57.6 Å². The summed E-state index contributed by atoms with van der Waals surface area (Å²) in [6.07, 6.45) is 1.43. The standard InChI is InChI=1S/C20H20N2O4/c1-12-6-8-15(11-16(12)22-20(24)18-5-4-10-25-18)19(23)21-14(3)17-9-7-13(2)26-17/h4-11,14H,1-3H3,(H,21,23)(H,22,24). The summed E-state index contributed by atoms with van der Waals surface area (Å²) in [6.45, 7) is 5.56. The van der Waals surface area contributed by atoms with Gasteiger partial charge in [-0.3, -0.25) is 9.59 Å². The Bertz CT molecular complexity index is 925. The molecule has 2 amide bonds. The molecule has 1 atom stereocenters. The molecule has 0 radical (unpaired) electrons. The van der Waals surface area contributed by atoms with Crippen LogP contribution >= 0.6 is 0 Å². The van der Waals surface area contributed by atoms with Gasteiger partial charge in [0.25, 0.3) is 11.8 Å². The van der Waals surface area contributed by atoms with Crippen LogP contribution in [-0.4, -0.2) is 11.8 Å². The van der Waals surface area contributed by atoms with Gasteiger partial charge in [-0.15, -0.1) is 0 Å². The van der Waals surface area contributed by atoms with Gasteiger partial charge in [0.1, 0.15) is 11.5 Å². The summed E-state index contributed by atoms with van der Waals surface area (Å²) in [7, 11) is 0. The Morgan fingerprint density at radius 3 is 2.50 bits per heavy atom. The van der Waals surface area contributed by atoms with Crippen molar-refractivity contribution in [3.8, 4) is 0 Å². The number of hydrogen-bond acceptors (Lipinski definition) is 4. The topological polar surface area (TPSA) is 84.5 Å². The summed E-state index contributed by atoms with van der Waals surface area (Å²) >= 11 is 0. The molecule has 6 nitrogen and oxygen atoms in total. The van der Waals surface area contributed by atoms with E-state index in [1.807, 2.05) is 32.9 Å². The molecule has 26 heavy (non-hydrogen) atoms. The first-order chi connectivity index (χ1) is 12.4. The van der Waals surface area contributed by atoms with E-state index in [2.05, 4.69) is 10.6 Å². The van der Waals surface area contributed by atoms with Gasteiger partial charge in [-0.05, 0) is 62.7 Å². The fraction of sp³-hybridized carbons (Fsp3) is 0.200.